The highest BCUT2D eigenvalue weighted by Gasteiger charge is 2.04. The molecular formula is C16H20O3S. The second-order valence-corrected chi connectivity index (χ2v) is 5.57. The Morgan fingerprint density at radius 1 is 1.00 bits per heavy atom. The molecule has 2 aromatic carbocycles. The molecule has 0 unspecified atom stereocenters. The van der Waals surface area contributed by atoms with Crippen LogP contribution in [0.1, 0.15) is 6.42 Å². The van der Waals surface area contributed by atoms with E-state index < -0.39 is 0 Å². The van der Waals surface area contributed by atoms with Crippen LogP contribution in [0.15, 0.2) is 41.3 Å². The Balaban J connectivity index is 1.86. The highest BCUT2D eigenvalue weighted by atomic mass is 32.2. The van der Waals surface area contributed by atoms with E-state index >= 15 is 0 Å². The number of ether oxygens (including phenoxy) is 2. The number of phenols is 1. The first kappa shape index (κ1) is 15.2. The average molecular weight is 292 g/mol. The zero-order chi connectivity index (χ0) is 14.2. The molecule has 0 radical (unpaired) electrons. The molecule has 0 bridgehead atoms. The average Bonchev–Trinajstić information content (AvgIpc) is 2.49. The van der Waals surface area contributed by atoms with Crippen molar-refractivity contribution in [2.75, 3.05) is 32.7 Å². The van der Waals surface area contributed by atoms with Gasteiger partial charge in [-0.2, -0.15) is 0 Å². The number of hydrogen-bond acceptors (Lipinski definition) is 4. The van der Waals surface area contributed by atoms with Crippen molar-refractivity contribution in [1.29, 1.82) is 0 Å². The minimum atomic E-state index is 0.334. The number of benzene rings is 2. The number of thioether (sulfide) groups is 1. The summed E-state index contributed by atoms with van der Waals surface area (Å²) in [6.45, 7) is 2.21. The van der Waals surface area contributed by atoms with Gasteiger partial charge in [-0.05, 0) is 23.9 Å². The van der Waals surface area contributed by atoms with Gasteiger partial charge in [0.1, 0.15) is 5.75 Å². The van der Waals surface area contributed by atoms with E-state index in [2.05, 4.69) is 0 Å². The zero-order valence-electron chi connectivity index (χ0n) is 11.7. The van der Waals surface area contributed by atoms with Crippen molar-refractivity contribution in [3.05, 3.63) is 36.4 Å². The number of rotatable bonds is 8. The van der Waals surface area contributed by atoms with Crippen LogP contribution in [0.3, 0.4) is 0 Å². The lowest BCUT2D eigenvalue weighted by Gasteiger charge is -2.08. The van der Waals surface area contributed by atoms with E-state index in [0.717, 1.165) is 42.8 Å². The molecule has 0 aliphatic carbocycles. The number of methoxy groups -OCH3 is 1. The molecule has 0 saturated carbocycles. The van der Waals surface area contributed by atoms with Crippen molar-refractivity contribution in [2.45, 2.75) is 11.3 Å². The van der Waals surface area contributed by atoms with E-state index in [1.165, 1.54) is 4.90 Å². The Morgan fingerprint density at radius 3 is 2.60 bits per heavy atom. The smallest absolute Gasteiger partial charge is 0.123 e. The van der Waals surface area contributed by atoms with Crippen LogP contribution in [0.2, 0.25) is 0 Å². The molecule has 0 aromatic heterocycles. The second kappa shape index (κ2) is 8.15. The van der Waals surface area contributed by atoms with Crippen LogP contribution in [-0.2, 0) is 9.47 Å². The van der Waals surface area contributed by atoms with E-state index in [0.29, 0.717) is 5.75 Å². The summed E-state index contributed by atoms with van der Waals surface area (Å²) in [5.74, 6) is 1.24. The van der Waals surface area contributed by atoms with Gasteiger partial charge in [0.05, 0.1) is 6.61 Å². The van der Waals surface area contributed by atoms with Gasteiger partial charge >= 0.3 is 0 Å². The van der Waals surface area contributed by atoms with E-state index in [4.69, 9.17) is 9.47 Å². The maximum Gasteiger partial charge on any atom is 0.123 e. The molecule has 2 aromatic rings. The fourth-order valence-electron chi connectivity index (χ4n) is 2.00. The van der Waals surface area contributed by atoms with Gasteiger partial charge in [-0.3, -0.25) is 0 Å². The van der Waals surface area contributed by atoms with Crippen LogP contribution in [0.4, 0.5) is 0 Å². The number of phenolic OH excluding ortho intramolecular Hbond substituents is 1. The van der Waals surface area contributed by atoms with Crippen LogP contribution in [0, 0.1) is 0 Å². The number of hydrogen-bond donors (Lipinski definition) is 1. The molecule has 2 rings (SSSR count). The predicted octanol–water partition coefficient (Wildman–Crippen LogP) is 3.69. The van der Waals surface area contributed by atoms with Gasteiger partial charge in [0.15, 0.2) is 0 Å². The fraction of sp³-hybridized carbons (Fsp3) is 0.375. The monoisotopic (exact) mass is 292 g/mol. The Labute approximate surface area is 123 Å². The summed E-state index contributed by atoms with van der Waals surface area (Å²) >= 11 is 1.76. The van der Waals surface area contributed by atoms with E-state index in [1.54, 1.807) is 24.9 Å². The van der Waals surface area contributed by atoms with Gasteiger partial charge in [-0.25, -0.2) is 0 Å². The lowest BCUT2D eigenvalue weighted by Crippen LogP contribution is -2.02. The van der Waals surface area contributed by atoms with Crippen molar-refractivity contribution in [2.24, 2.45) is 0 Å². The molecule has 0 atom stereocenters. The van der Waals surface area contributed by atoms with Crippen LogP contribution >= 0.6 is 11.8 Å². The number of fused-ring (bicyclic) bond motifs is 1. The van der Waals surface area contributed by atoms with Gasteiger partial charge in [0.25, 0.3) is 0 Å². The van der Waals surface area contributed by atoms with Gasteiger partial charge in [-0.15, -0.1) is 11.8 Å². The standard InChI is InChI=1S/C16H20O3S/c1-18-9-4-10-19-11-12-20-16-8-7-15(17)13-5-2-3-6-14(13)16/h2-3,5-8,17H,4,9-12H2,1H3. The highest BCUT2D eigenvalue weighted by Crippen LogP contribution is 2.33. The third-order valence-electron chi connectivity index (χ3n) is 2.98. The third kappa shape index (κ3) is 4.13. The Kier molecular flexibility index (Phi) is 6.18. The van der Waals surface area contributed by atoms with Gasteiger partial charge in [0.2, 0.25) is 0 Å². The van der Waals surface area contributed by atoms with Crippen molar-refractivity contribution in [1.82, 2.24) is 0 Å². The molecule has 0 aliphatic rings. The second-order valence-electron chi connectivity index (χ2n) is 4.44. The summed E-state index contributed by atoms with van der Waals surface area (Å²) in [6, 6.07) is 11.6. The van der Waals surface area contributed by atoms with Crippen molar-refractivity contribution in [3.63, 3.8) is 0 Å². The Morgan fingerprint density at radius 2 is 1.80 bits per heavy atom. The predicted molar refractivity (Wildman–Crippen MR) is 83.6 cm³/mol. The minimum absolute atomic E-state index is 0.334. The van der Waals surface area contributed by atoms with E-state index in [9.17, 15) is 5.11 Å². The van der Waals surface area contributed by atoms with Crippen LogP contribution in [-0.4, -0.2) is 37.8 Å². The van der Waals surface area contributed by atoms with E-state index in [1.807, 2.05) is 30.3 Å². The van der Waals surface area contributed by atoms with Crippen molar-refractivity contribution in [3.8, 4) is 5.75 Å². The van der Waals surface area contributed by atoms with Gasteiger partial charge in [-0.1, -0.05) is 24.3 Å². The first-order chi connectivity index (χ1) is 9.83. The lowest BCUT2D eigenvalue weighted by molar-refractivity contribution is 0.113. The Hall–Kier alpha value is -1.23. The molecule has 0 saturated heterocycles. The minimum Gasteiger partial charge on any atom is -0.507 e. The summed E-state index contributed by atoms with van der Waals surface area (Å²) < 4.78 is 10.5. The third-order valence-corrected chi connectivity index (χ3v) is 4.02. The maximum atomic E-state index is 9.84. The molecule has 0 amide bonds. The SMILES string of the molecule is COCCCOCCSc1ccc(O)c2ccccc12. The van der Waals surface area contributed by atoms with Crippen LogP contribution < -0.4 is 0 Å². The quantitative estimate of drug-likeness (QED) is 0.595. The molecule has 20 heavy (non-hydrogen) atoms. The molecular weight excluding hydrogens is 272 g/mol. The van der Waals surface area contributed by atoms with Gasteiger partial charge in [0, 0.05) is 36.4 Å². The first-order valence-corrected chi connectivity index (χ1v) is 7.71. The molecule has 3 nitrogen and oxygen atoms in total. The topological polar surface area (TPSA) is 38.7 Å². The molecule has 0 spiro atoms. The van der Waals surface area contributed by atoms with Crippen molar-refractivity contribution < 1.29 is 14.6 Å². The molecule has 0 aliphatic heterocycles. The normalized spacial score (nSPS) is 11.1. The van der Waals surface area contributed by atoms with Crippen LogP contribution in [0.25, 0.3) is 10.8 Å². The van der Waals surface area contributed by atoms with Gasteiger partial charge < -0.3 is 14.6 Å². The largest absolute Gasteiger partial charge is 0.507 e. The summed E-state index contributed by atoms with van der Waals surface area (Å²) in [5, 5.41) is 11.8. The molecule has 1 N–H and O–H groups in total. The van der Waals surface area contributed by atoms with Crippen LogP contribution in [0.5, 0.6) is 5.75 Å². The summed E-state index contributed by atoms with van der Waals surface area (Å²) in [7, 11) is 1.70. The van der Waals surface area contributed by atoms with E-state index in [-0.39, 0.29) is 0 Å². The Bertz CT molecular complexity index is 542. The highest BCUT2D eigenvalue weighted by molar-refractivity contribution is 7.99. The molecule has 0 heterocycles. The summed E-state index contributed by atoms with van der Waals surface area (Å²) in [5.41, 5.74) is 0. The molecule has 108 valence electrons. The van der Waals surface area contributed by atoms with Crippen molar-refractivity contribution >= 4 is 22.5 Å². The number of aromatic hydroxyl groups is 1. The summed E-state index contributed by atoms with van der Waals surface area (Å²) in [4.78, 5) is 1.18. The summed E-state index contributed by atoms with van der Waals surface area (Å²) in [6.07, 6.45) is 0.934. The maximum absolute atomic E-state index is 9.84. The first-order valence-electron chi connectivity index (χ1n) is 6.73. The zero-order valence-corrected chi connectivity index (χ0v) is 12.5. The lowest BCUT2D eigenvalue weighted by atomic mass is 10.1. The fourth-order valence-corrected chi connectivity index (χ4v) is 2.92. The molecule has 0 fully saturated rings. The molecule has 4 heteroatoms.